The van der Waals surface area contributed by atoms with Crippen LogP contribution < -0.4 is 16.8 Å². The molecule has 1 fully saturated rings. The van der Waals surface area contributed by atoms with Gasteiger partial charge in [-0.15, -0.1) is 0 Å². The smallest absolute Gasteiger partial charge is 0.235 e. The van der Waals surface area contributed by atoms with Crippen LogP contribution in [-0.4, -0.2) is 24.5 Å². The summed E-state index contributed by atoms with van der Waals surface area (Å²) in [6.07, 6.45) is 4.95. The molecule has 1 saturated carbocycles. The summed E-state index contributed by atoms with van der Waals surface area (Å²) in [6.45, 7) is 5.02. The first-order valence-corrected chi connectivity index (χ1v) is 5.72. The number of primary amides is 1. The first-order valence-electron chi connectivity index (χ1n) is 5.72. The monoisotopic (exact) mass is 213 g/mol. The quantitative estimate of drug-likeness (QED) is 0.630. The zero-order valence-electron chi connectivity index (χ0n) is 9.75. The van der Waals surface area contributed by atoms with Crippen molar-refractivity contribution in [1.82, 2.24) is 5.32 Å². The van der Waals surface area contributed by atoms with Gasteiger partial charge in [-0.3, -0.25) is 4.79 Å². The Morgan fingerprint density at radius 1 is 1.53 bits per heavy atom. The van der Waals surface area contributed by atoms with Gasteiger partial charge in [-0.2, -0.15) is 0 Å². The van der Waals surface area contributed by atoms with Crippen molar-refractivity contribution in [2.45, 2.75) is 51.6 Å². The van der Waals surface area contributed by atoms with Gasteiger partial charge in [0.25, 0.3) is 0 Å². The Morgan fingerprint density at radius 2 is 2.20 bits per heavy atom. The third-order valence-electron chi connectivity index (χ3n) is 3.46. The Kier molecular flexibility index (Phi) is 4.11. The average molecular weight is 213 g/mol. The normalized spacial score (nSPS) is 27.3. The third-order valence-corrected chi connectivity index (χ3v) is 3.46. The molecular weight excluding hydrogens is 190 g/mol. The second-order valence-corrected chi connectivity index (χ2v) is 5.20. The van der Waals surface area contributed by atoms with Crippen LogP contribution in [0.5, 0.6) is 0 Å². The van der Waals surface area contributed by atoms with E-state index in [2.05, 4.69) is 19.2 Å². The maximum atomic E-state index is 10.8. The van der Waals surface area contributed by atoms with E-state index < -0.39 is 11.9 Å². The van der Waals surface area contributed by atoms with Gasteiger partial charge in [0.1, 0.15) is 0 Å². The summed E-state index contributed by atoms with van der Waals surface area (Å²) in [7, 11) is 0. The molecule has 0 bridgehead atoms. The van der Waals surface area contributed by atoms with Crippen LogP contribution in [0.2, 0.25) is 0 Å². The maximum Gasteiger partial charge on any atom is 0.235 e. The lowest BCUT2D eigenvalue weighted by Crippen LogP contribution is -2.51. The molecular formula is C11H23N3O. The number of carbonyl (C=O) groups is 1. The van der Waals surface area contributed by atoms with Crippen molar-refractivity contribution >= 4 is 5.91 Å². The van der Waals surface area contributed by atoms with Gasteiger partial charge in [0, 0.05) is 12.6 Å². The first kappa shape index (κ1) is 12.5. The second-order valence-electron chi connectivity index (χ2n) is 5.20. The Hall–Kier alpha value is -0.610. The summed E-state index contributed by atoms with van der Waals surface area (Å²) in [6, 6.07) is -0.112. The molecule has 0 aliphatic heterocycles. The summed E-state index contributed by atoms with van der Waals surface area (Å²) < 4.78 is 0. The van der Waals surface area contributed by atoms with Crippen LogP contribution in [-0.2, 0) is 4.79 Å². The summed E-state index contributed by atoms with van der Waals surface area (Å²) in [4.78, 5) is 10.8. The van der Waals surface area contributed by atoms with Crippen molar-refractivity contribution in [1.29, 1.82) is 0 Å². The molecule has 0 aromatic carbocycles. The van der Waals surface area contributed by atoms with Crippen LogP contribution in [0.25, 0.3) is 0 Å². The van der Waals surface area contributed by atoms with Crippen LogP contribution in [0.4, 0.5) is 0 Å². The van der Waals surface area contributed by atoms with Gasteiger partial charge in [0.15, 0.2) is 0 Å². The molecule has 0 spiro atoms. The molecule has 0 radical (unpaired) electrons. The van der Waals surface area contributed by atoms with E-state index >= 15 is 0 Å². The third kappa shape index (κ3) is 3.47. The molecule has 4 heteroatoms. The van der Waals surface area contributed by atoms with Crippen molar-refractivity contribution in [2.24, 2.45) is 16.9 Å². The number of rotatable bonds is 4. The molecule has 5 N–H and O–H groups in total. The van der Waals surface area contributed by atoms with Crippen molar-refractivity contribution in [3.05, 3.63) is 0 Å². The van der Waals surface area contributed by atoms with E-state index in [1.807, 2.05) is 0 Å². The summed E-state index contributed by atoms with van der Waals surface area (Å²) in [5.41, 5.74) is 11.0. The van der Waals surface area contributed by atoms with Gasteiger partial charge in [0.2, 0.25) is 5.91 Å². The molecule has 88 valence electrons. The van der Waals surface area contributed by atoms with Gasteiger partial charge in [0.05, 0.1) is 6.04 Å². The minimum absolute atomic E-state index is 0.301. The van der Waals surface area contributed by atoms with Crippen molar-refractivity contribution in [2.75, 3.05) is 6.54 Å². The van der Waals surface area contributed by atoms with E-state index in [0.29, 0.717) is 18.0 Å². The standard InChI is InChI=1S/C11H23N3O/c1-11(2)6-4-3-5-9(11)14-7-8(12)10(13)15/h8-9,14H,3-7,12H2,1-2H3,(H2,13,15). The molecule has 2 atom stereocenters. The van der Waals surface area contributed by atoms with Crippen LogP contribution >= 0.6 is 0 Å². The number of hydrogen-bond donors (Lipinski definition) is 3. The highest BCUT2D eigenvalue weighted by Crippen LogP contribution is 2.35. The molecule has 1 aliphatic rings. The minimum atomic E-state index is -0.567. The van der Waals surface area contributed by atoms with E-state index in [4.69, 9.17) is 11.5 Å². The maximum absolute atomic E-state index is 10.8. The van der Waals surface area contributed by atoms with E-state index in [0.717, 1.165) is 0 Å². The zero-order chi connectivity index (χ0) is 11.5. The summed E-state index contributed by atoms with van der Waals surface area (Å²) in [5.74, 6) is -0.434. The van der Waals surface area contributed by atoms with Gasteiger partial charge in [-0.1, -0.05) is 26.7 Å². The highest BCUT2D eigenvalue weighted by atomic mass is 16.1. The second kappa shape index (κ2) is 4.94. The molecule has 15 heavy (non-hydrogen) atoms. The topological polar surface area (TPSA) is 81.1 Å². The number of nitrogens with one attached hydrogen (secondary N) is 1. The van der Waals surface area contributed by atoms with Crippen molar-refractivity contribution < 1.29 is 4.79 Å². The fourth-order valence-electron chi connectivity index (χ4n) is 2.24. The van der Waals surface area contributed by atoms with Crippen LogP contribution in [0.15, 0.2) is 0 Å². The van der Waals surface area contributed by atoms with Gasteiger partial charge in [-0.05, 0) is 18.3 Å². The van der Waals surface area contributed by atoms with Gasteiger partial charge in [-0.25, -0.2) is 0 Å². The number of amides is 1. The lowest BCUT2D eigenvalue weighted by Gasteiger charge is -2.39. The SMILES string of the molecule is CC1(C)CCCCC1NCC(N)C(N)=O. The van der Waals surface area contributed by atoms with Crippen LogP contribution in [0.3, 0.4) is 0 Å². The lowest BCUT2D eigenvalue weighted by atomic mass is 9.73. The zero-order valence-corrected chi connectivity index (χ0v) is 9.75. The van der Waals surface area contributed by atoms with E-state index in [1.54, 1.807) is 0 Å². The molecule has 1 aliphatic carbocycles. The van der Waals surface area contributed by atoms with E-state index in [-0.39, 0.29) is 0 Å². The molecule has 0 aromatic heterocycles. The fourth-order valence-corrected chi connectivity index (χ4v) is 2.24. The van der Waals surface area contributed by atoms with E-state index in [9.17, 15) is 4.79 Å². The summed E-state index contributed by atoms with van der Waals surface area (Å²) >= 11 is 0. The fraction of sp³-hybridized carbons (Fsp3) is 0.909. The van der Waals surface area contributed by atoms with Crippen LogP contribution in [0.1, 0.15) is 39.5 Å². The predicted molar refractivity (Wildman–Crippen MR) is 61.2 cm³/mol. The van der Waals surface area contributed by atoms with Crippen molar-refractivity contribution in [3.8, 4) is 0 Å². The minimum Gasteiger partial charge on any atom is -0.368 e. The molecule has 1 rings (SSSR count). The molecule has 0 aromatic rings. The number of carbonyl (C=O) groups excluding carboxylic acids is 1. The predicted octanol–water partition coefficient (Wildman–Crippen LogP) is 0.357. The first-order chi connectivity index (χ1) is 6.93. The Morgan fingerprint density at radius 3 is 2.73 bits per heavy atom. The number of hydrogen-bond acceptors (Lipinski definition) is 3. The highest BCUT2D eigenvalue weighted by molar-refractivity contribution is 5.79. The van der Waals surface area contributed by atoms with Crippen molar-refractivity contribution in [3.63, 3.8) is 0 Å². The van der Waals surface area contributed by atoms with Gasteiger partial charge < -0.3 is 16.8 Å². The largest absolute Gasteiger partial charge is 0.368 e. The number of nitrogens with two attached hydrogens (primary N) is 2. The molecule has 4 nitrogen and oxygen atoms in total. The summed E-state index contributed by atoms with van der Waals surface area (Å²) in [5, 5.41) is 3.37. The molecule has 0 saturated heterocycles. The average Bonchev–Trinajstić information content (AvgIpc) is 2.14. The Labute approximate surface area is 91.8 Å². The van der Waals surface area contributed by atoms with Crippen LogP contribution in [0, 0.1) is 5.41 Å². The molecule has 1 amide bonds. The molecule has 0 heterocycles. The molecule has 2 unspecified atom stereocenters. The van der Waals surface area contributed by atoms with Gasteiger partial charge >= 0.3 is 0 Å². The van der Waals surface area contributed by atoms with E-state index in [1.165, 1.54) is 25.7 Å². The highest BCUT2D eigenvalue weighted by Gasteiger charge is 2.32. The lowest BCUT2D eigenvalue weighted by molar-refractivity contribution is -0.119. The Balaban J connectivity index is 2.39. The Bertz CT molecular complexity index is 228.